The summed E-state index contributed by atoms with van der Waals surface area (Å²) < 4.78 is 14.7. The first-order chi connectivity index (χ1) is 9.22. The van der Waals surface area contributed by atoms with Crippen molar-refractivity contribution in [3.63, 3.8) is 0 Å². The highest BCUT2D eigenvalue weighted by Gasteiger charge is 2.30. The van der Waals surface area contributed by atoms with Crippen LogP contribution in [0.2, 0.25) is 0 Å². The third-order valence-corrected chi connectivity index (χ3v) is 5.05. The van der Waals surface area contributed by atoms with Crippen LogP contribution in [0.3, 0.4) is 0 Å². The highest BCUT2D eigenvalue weighted by Crippen LogP contribution is 2.35. The summed E-state index contributed by atoms with van der Waals surface area (Å²) in [5, 5.41) is 3.64. The fraction of sp³-hybridized carbons (Fsp3) is 0.625. The molecule has 0 aromatic heterocycles. The summed E-state index contributed by atoms with van der Waals surface area (Å²) in [7, 11) is 0. The second kappa shape index (κ2) is 5.92. The summed E-state index contributed by atoms with van der Waals surface area (Å²) in [6.07, 6.45) is 7.46. The molecular formula is C16H21BrFN. The topological polar surface area (TPSA) is 12.0 Å². The first-order valence-corrected chi connectivity index (χ1v) is 8.19. The molecule has 0 heterocycles. The van der Waals surface area contributed by atoms with Gasteiger partial charge in [-0.25, -0.2) is 4.39 Å². The van der Waals surface area contributed by atoms with Crippen molar-refractivity contribution in [1.29, 1.82) is 0 Å². The Morgan fingerprint density at radius 1 is 1.16 bits per heavy atom. The maximum atomic E-state index is 13.9. The van der Waals surface area contributed by atoms with Gasteiger partial charge in [-0.05, 0) is 68.2 Å². The van der Waals surface area contributed by atoms with Gasteiger partial charge in [-0.1, -0.05) is 28.4 Å². The molecule has 1 nitrogen and oxygen atoms in total. The maximum Gasteiger partial charge on any atom is 0.127 e. The molecule has 1 aromatic carbocycles. The van der Waals surface area contributed by atoms with E-state index in [0.717, 1.165) is 35.0 Å². The van der Waals surface area contributed by atoms with Gasteiger partial charge in [0.05, 0.1) is 0 Å². The van der Waals surface area contributed by atoms with E-state index in [0.29, 0.717) is 5.92 Å². The second-order valence-electron chi connectivity index (χ2n) is 6.07. The Hall–Kier alpha value is -0.410. The van der Waals surface area contributed by atoms with Crippen molar-refractivity contribution in [3.05, 3.63) is 34.1 Å². The molecule has 0 radical (unpaired) electrons. The van der Waals surface area contributed by atoms with Gasteiger partial charge in [0.1, 0.15) is 5.82 Å². The van der Waals surface area contributed by atoms with Crippen molar-refractivity contribution in [3.8, 4) is 0 Å². The summed E-state index contributed by atoms with van der Waals surface area (Å²) in [4.78, 5) is 0. The van der Waals surface area contributed by atoms with Crippen molar-refractivity contribution in [2.24, 2.45) is 11.8 Å². The van der Waals surface area contributed by atoms with Crippen molar-refractivity contribution >= 4 is 15.9 Å². The van der Waals surface area contributed by atoms with Gasteiger partial charge in [0, 0.05) is 10.5 Å². The molecule has 2 aliphatic carbocycles. The molecule has 2 atom stereocenters. The Morgan fingerprint density at radius 3 is 2.68 bits per heavy atom. The van der Waals surface area contributed by atoms with Gasteiger partial charge < -0.3 is 5.32 Å². The Kier molecular flexibility index (Phi) is 4.23. The third-order valence-electron chi connectivity index (χ3n) is 4.56. The highest BCUT2D eigenvalue weighted by molar-refractivity contribution is 9.10. The fourth-order valence-corrected chi connectivity index (χ4v) is 3.56. The van der Waals surface area contributed by atoms with Crippen LogP contribution in [-0.2, 0) is 6.42 Å². The smallest absolute Gasteiger partial charge is 0.127 e. The number of hydrogen-bond acceptors (Lipinski definition) is 1. The highest BCUT2D eigenvalue weighted by atomic mass is 79.9. The summed E-state index contributed by atoms with van der Waals surface area (Å²) in [5.74, 6) is 1.33. The van der Waals surface area contributed by atoms with Gasteiger partial charge >= 0.3 is 0 Å². The van der Waals surface area contributed by atoms with Crippen LogP contribution in [0.5, 0.6) is 0 Å². The normalized spacial score (nSPS) is 26.8. The van der Waals surface area contributed by atoms with Gasteiger partial charge in [-0.15, -0.1) is 0 Å². The van der Waals surface area contributed by atoms with Gasteiger partial charge in [0.25, 0.3) is 0 Å². The van der Waals surface area contributed by atoms with Crippen molar-refractivity contribution in [2.45, 2.75) is 44.6 Å². The molecule has 0 spiro atoms. The van der Waals surface area contributed by atoms with Gasteiger partial charge in [0.2, 0.25) is 0 Å². The molecule has 2 fully saturated rings. The lowest BCUT2D eigenvalue weighted by atomic mass is 9.89. The van der Waals surface area contributed by atoms with E-state index < -0.39 is 0 Å². The molecule has 0 amide bonds. The Bertz CT molecular complexity index is 444. The molecular weight excluding hydrogens is 305 g/mol. The standard InChI is InChI=1S/C16H21BrFN/c17-14-5-4-12(16(18)9-14)8-11-2-1-3-13(11)10-19-15-6-7-15/h4-5,9,11,13,15,19H,1-3,6-8,10H2. The zero-order chi connectivity index (χ0) is 13.2. The monoisotopic (exact) mass is 325 g/mol. The molecule has 3 heteroatoms. The van der Waals surface area contributed by atoms with E-state index in [1.807, 2.05) is 12.1 Å². The number of hydrogen-bond donors (Lipinski definition) is 1. The summed E-state index contributed by atoms with van der Waals surface area (Å²) >= 11 is 3.32. The van der Waals surface area contributed by atoms with Gasteiger partial charge in [0.15, 0.2) is 0 Å². The Labute approximate surface area is 123 Å². The first kappa shape index (κ1) is 13.6. The summed E-state index contributed by atoms with van der Waals surface area (Å²) in [6, 6.07) is 6.25. The lowest BCUT2D eigenvalue weighted by Gasteiger charge is -2.20. The molecule has 1 aromatic rings. The summed E-state index contributed by atoms with van der Waals surface area (Å²) in [5.41, 5.74) is 0.881. The van der Waals surface area contributed by atoms with Crippen LogP contribution in [0.25, 0.3) is 0 Å². The van der Waals surface area contributed by atoms with Crippen LogP contribution < -0.4 is 5.32 Å². The molecule has 2 saturated carbocycles. The molecule has 2 aliphatic rings. The average Bonchev–Trinajstić information content (AvgIpc) is 3.11. The minimum absolute atomic E-state index is 0.0600. The number of benzene rings is 1. The van der Waals surface area contributed by atoms with Crippen LogP contribution in [-0.4, -0.2) is 12.6 Å². The maximum absolute atomic E-state index is 13.9. The van der Waals surface area contributed by atoms with E-state index >= 15 is 0 Å². The molecule has 19 heavy (non-hydrogen) atoms. The van der Waals surface area contributed by atoms with Crippen molar-refractivity contribution in [2.75, 3.05) is 6.54 Å². The summed E-state index contributed by atoms with van der Waals surface area (Å²) in [6.45, 7) is 1.13. The van der Waals surface area contributed by atoms with Crippen LogP contribution >= 0.6 is 15.9 Å². The molecule has 104 valence electrons. The van der Waals surface area contributed by atoms with E-state index in [1.165, 1.54) is 32.1 Å². The van der Waals surface area contributed by atoms with Crippen molar-refractivity contribution in [1.82, 2.24) is 5.32 Å². The molecule has 0 aliphatic heterocycles. The van der Waals surface area contributed by atoms with Crippen LogP contribution in [0, 0.1) is 17.7 Å². The van der Waals surface area contributed by atoms with E-state index in [9.17, 15) is 4.39 Å². The zero-order valence-electron chi connectivity index (χ0n) is 11.2. The minimum atomic E-state index is -0.0600. The minimum Gasteiger partial charge on any atom is -0.314 e. The predicted molar refractivity (Wildman–Crippen MR) is 79.7 cm³/mol. The lowest BCUT2D eigenvalue weighted by molar-refractivity contribution is 0.360. The van der Waals surface area contributed by atoms with E-state index in [1.54, 1.807) is 6.07 Å². The van der Waals surface area contributed by atoms with Gasteiger partial charge in [-0.3, -0.25) is 0 Å². The lowest BCUT2D eigenvalue weighted by Crippen LogP contribution is -2.27. The second-order valence-corrected chi connectivity index (χ2v) is 6.99. The fourth-order valence-electron chi connectivity index (χ4n) is 3.23. The SMILES string of the molecule is Fc1cc(Br)ccc1CC1CCCC1CNC1CC1. The number of nitrogens with one attached hydrogen (secondary N) is 1. The third kappa shape index (κ3) is 3.57. The first-order valence-electron chi connectivity index (χ1n) is 7.39. The Morgan fingerprint density at radius 2 is 1.95 bits per heavy atom. The molecule has 0 saturated heterocycles. The Balaban J connectivity index is 1.60. The quantitative estimate of drug-likeness (QED) is 0.851. The number of halogens is 2. The van der Waals surface area contributed by atoms with E-state index in [4.69, 9.17) is 0 Å². The molecule has 0 bridgehead atoms. The molecule has 1 N–H and O–H groups in total. The molecule has 3 rings (SSSR count). The largest absolute Gasteiger partial charge is 0.314 e. The van der Waals surface area contributed by atoms with Crippen LogP contribution in [0.4, 0.5) is 4.39 Å². The molecule has 2 unspecified atom stereocenters. The van der Waals surface area contributed by atoms with Crippen LogP contribution in [0.15, 0.2) is 22.7 Å². The van der Waals surface area contributed by atoms with Crippen molar-refractivity contribution < 1.29 is 4.39 Å². The average molecular weight is 326 g/mol. The number of rotatable bonds is 5. The van der Waals surface area contributed by atoms with E-state index in [2.05, 4.69) is 21.2 Å². The van der Waals surface area contributed by atoms with E-state index in [-0.39, 0.29) is 5.82 Å². The zero-order valence-corrected chi connectivity index (χ0v) is 12.8. The van der Waals surface area contributed by atoms with Crippen LogP contribution in [0.1, 0.15) is 37.7 Å². The van der Waals surface area contributed by atoms with Gasteiger partial charge in [-0.2, -0.15) is 0 Å². The predicted octanol–water partition coefficient (Wildman–Crippen LogP) is 4.30.